The molecule has 28 heavy (non-hydrogen) atoms. The van der Waals surface area contributed by atoms with Crippen molar-refractivity contribution in [2.75, 3.05) is 13.1 Å². The Morgan fingerprint density at radius 1 is 1.14 bits per heavy atom. The van der Waals surface area contributed by atoms with Crippen molar-refractivity contribution in [2.24, 2.45) is 0 Å². The molecule has 1 aliphatic heterocycles. The maximum absolute atomic E-state index is 13.9. The van der Waals surface area contributed by atoms with Crippen LogP contribution >= 0.6 is 11.6 Å². The van der Waals surface area contributed by atoms with E-state index in [9.17, 15) is 22.0 Å². The van der Waals surface area contributed by atoms with Crippen molar-refractivity contribution in [2.45, 2.75) is 35.8 Å². The second-order valence-electron chi connectivity index (χ2n) is 6.80. The van der Waals surface area contributed by atoms with E-state index in [-0.39, 0.29) is 40.8 Å². The van der Waals surface area contributed by atoms with E-state index in [2.05, 4.69) is 0 Å². The molecule has 0 bridgehead atoms. The van der Waals surface area contributed by atoms with Crippen molar-refractivity contribution < 1.29 is 22.0 Å². The highest BCUT2D eigenvalue weighted by molar-refractivity contribution is 7.92. The number of hydrogen-bond acceptors (Lipinski definition) is 3. The summed E-state index contributed by atoms with van der Waals surface area (Å²) in [6, 6.07) is 9.05. The topological polar surface area (TPSA) is 54.5 Å². The molecule has 150 valence electrons. The van der Waals surface area contributed by atoms with Crippen LogP contribution in [-0.4, -0.2) is 37.6 Å². The van der Waals surface area contributed by atoms with Crippen molar-refractivity contribution in [1.29, 1.82) is 0 Å². The molecular weight excluding hydrogens is 408 g/mol. The molecule has 0 saturated carbocycles. The van der Waals surface area contributed by atoms with Gasteiger partial charge in [0.1, 0.15) is 11.6 Å². The molecule has 3 rings (SSSR count). The van der Waals surface area contributed by atoms with Crippen molar-refractivity contribution >= 4 is 27.3 Å². The molecule has 1 heterocycles. The number of nitrogens with zero attached hydrogens (tertiary/aromatic N) is 1. The van der Waals surface area contributed by atoms with Crippen LogP contribution in [0.25, 0.3) is 0 Å². The third-order valence-electron chi connectivity index (χ3n) is 4.96. The predicted molar refractivity (Wildman–Crippen MR) is 103 cm³/mol. The smallest absolute Gasteiger partial charge is 0.222 e. The number of amides is 1. The lowest BCUT2D eigenvalue weighted by Gasteiger charge is -2.32. The minimum atomic E-state index is -3.67. The lowest BCUT2D eigenvalue weighted by atomic mass is 10.1. The zero-order valence-corrected chi connectivity index (χ0v) is 16.6. The van der Waals surface area contributed by atoms with Gasteiger partial charge in [0.15, 0.2) is 9.84 Å². The summed E-state index contributed by atoms with van der Waals surface area (Å²) in [5, 5.41) is -0.476. The van der Waals surface area contributed by atoms with Gasteiger partial charge in [-0.3, -0.25) is 4.79 Å². The maximum Gasteiger partial charge on any atom is 0.222 e. The van der Waals surface area contributed by atoms with Crippen LogP contribution in [0.4, 0.5) is 8.78 Å². The van der Waals surface area contributed by atoms with Gasteiger partial charge in [-0.25, -0.2) is 17.2 Å². The summed E-state index contributed by atoms with van der Waals surface area (Å²) < 4.78 is 52.6. The van der Waals surface area contributed by atoms with Gasteiger partial charge in [0.2, 0.25) is 5.91 Å². The Labute approximate surface area is 168 Å². The van der Waals surface area contributed by atoms with Gasteiger partial charge in [-0.15, -0.1) is 0 Å². The minimum absolute atomic E-state index is 0.0456. The first-order valence-corrected chi connectivity index (χ1v) is 10.9. The molecule has 0 N–H and O–H groups in total. The number of piperidine rings is 1. The SMILES string of the molecule is O=C(CCc1c(F)cccc1Cl)N1CCCC(S(=O)(=O)c2ccc(F)cc2)C1. The molecule has 1 amide bonds. The van der Waals surface area contributed by atoms with Crippen molar-refractivity contribution in [1.82, 2.24) is 4.90 Å². The Kier molecular flexibility index (Phi) is 6.35. The van der Waals surface area contributed by atoms with E-state index in [1.54, 1.807) is 6.07 Å². The summed E-state index contributed by atoms with van der Waals surface area (Å²) in [4.78, 5) is 14.1. The van der Waals surface area contributed by atoms with Gasteiger partial charge in [-0.05, 0) is 55.7 Å². The molecule has 4 nitrogen and oxygen atoms in total. The molecular formula is C20H20ClF2NO3S. The summed E-state index contributed by atoms with van der Waals surface area (Å²) in [5.41, 5.74) is 0.282. The fourth-order valence-corrected chi connectivity index (χ4v) is 5.41. The van der Waals surface area contributed by atoms with Crippen molar-refractivity contribution in [3.8, 4) is 0 Å². The number of likely N-dealkylation sites (tertiary alicyclic amines) is 1. The number of rotatable bonds is 5. The normalized spacial score (nSPS) is 17.5. The highest BCUT2D eigenvalue weighted by Gasteiger charge is 2.33. The molecule has 1 saturated heterocycles. The summed E-state index contributed by atoms with van der Waals surface area (Å²) >= 11 is 5.99. The fraction of sp³-hybridized carbons (Fsp3) is 0.350. The van der Waals surface area contributed by atoms with Gasteiger partial charge < -0.3 is 4.90 Å². The average molecular weight is 428 g/mol. The third-order valence-corrected chi connectivity index (χ3v) is 7.51. The third kappa shape index (κ3) is 4.52. The molecule has 1 fully saturated rings. The highest BCUT2D eigenvalue weighted by Crippen LogP contribution is 2.25. The first-order chi connectivity index (χ1) is 13.3. The zero-order chi connectivity index (χ0) is 20.3. The number of carbonyl (C=O) groups excluding carboxylic acids is 1. The number of hydrogen-bond donors (Lipinski definition) is 0. The van der Waals surface area contributed by atoms with Crippen LogP contribution in [-0.2, 0) is 21.1 Å². The second-order valence-corrected chi connectivity index (χ2v) is 9.44. The number of benzene rings is 2. The second kappa shape index (κ2) is 8.57. The molecule has 0 aromatic heterocycles. The molecule has 2 aromatic carbocycles. The van der Waals surface area contributed by atoms with Crippen LogP contribution in [0.2, 0.25) is 5.02 Å². The van der Waals surface area contributed by atoms with Gasteiger partial charge in [0.25, 0.3) is 0 Å². The Hall–Kier alpha value is -1.99. The van der Waals surface area contributed by atoms with Crippen LogP contribution in [0.3, 0.4) is 0 Å². The van der Waals surface area contributed by atoms with E-state index in [0.29, 0.717) is 19.4 Å². The standard InChI is InChI=1S/C20H20ClF2NO3S/c21-18-4-1-5-19(23)17(18)10-11-20(25)24-12-2-3-16(13-24)28(26,27)15-8-6-14(22)7-9-15/h1,4-9,16H,2-3,10-13H2. The predicted octanol–water partition coefficient (Wildman–Crippen LogP) is 4.02. The van der Waals surface area contributed by atoms with E-state index in [1.165, 1.54) is 29.2 Å². The Balaban J connectivity index is 1.67. The Morgan fingerprint density at radius 3 is 2.54 bits per heavy atom. The first kappa shape index (κ1) is 20.7. The molecule has 1 aliphatic rings. The molecule has 0 aliphatic carbocycles. The van der Waals surface area contributed by atoms with Crippen LogP contribution in [0, 0.1) is 11.6 Å². The molecule has 8 heteroatoms. The van der Waals surface area contributed by atoms with Crippen LogP contribution in [0.1, 0.15) is 24.8 Å². The molecule has 1 atom stereocenters. The number of carbonyl (C=O) groups is 1. The number of halogens is 3. The summed E-state index contributed by atoms with van der Waals surface area (Å²) in [6.07, 6.45) is 1.18. The monoisotopic (exact) mass is 427 g/mol. The Bertz CT molecular complexity index is 944. The van der Waals surface area contributed by atoms with E-state index < -0.39 is 26.7 Å². The van der Waals surface area contributed by atoms with E-state index >= 15 is 0 Å². The largest absolute Gasteiger partial charge is 0.341 e. The zero-order valence-electron chi connectivity index (χ0n) is 15.1. The lowest BCUT2D eigenvalue weighted by molar-refractivity contribution is -0.131. The summed E-state index contributed by atoms with van der Waals surface area (Å²) in [7, 11) is -3.67. The van der Waals surface area contributed by atoms with Crippen molar-refractivity contribution in [3.05, 3.63) is 64.7 Å². The highest BCUT2D eigenvalue weighted by atomic mass is 35.5. The van der Waals surface area contributed by atoms with E-state index in [0.717, 1.165) is 12.1 Å². The van der Waals surface area contributed by atoms with Gasteiger partial charge in [0.05, 0.1) is 10.1 Å². The fourth-order valence-electron chi connectivity index (χ4n) is 3.40. The van der Waals surface area contributed by atoms with Crippen LogP contribution < -0.4 is 0 Å². The maximum atomic E-state index is 13.9. The number of sulfone groups is 1. The molecule has 0 spiro atoms. The Morgan fingerprint density at radius 2 is 1.86 bits per heavy atom. The average Bonchev–Trinajstić information content (AvgIpc) is 2.68. The first-order valence-electron chi connectivity index (χ1n) is 8.99. The van der Waals surface area contributed by atoms with Gasteiger partial charge in [-0.1, -0.05) is 17.7 Å². The summed E-state index contributed by atoms with van der Waals surface area (Å²) in [6.45, 7) is 0.531. The lowest BCUT2D eigenvalue weighted by Crippen LogP contribution is -2.45. The molecule has 1 unspecified atom stereocenters. The van der Waals surface area contributed by atoms with Crippen LogP contribution in [0.5, 0.6) is 0 Å². The summed E-state index contributed by atoms with van der Waals surface area (Å²) in [5.74, 6) is -1.21. The van der Waals surface area contributed by atoms with Gasteiger partial charge >= 0.3 is 0 Å². The quantitative estimate of drug-likeness (QED) is 0.677. The molecule has 0 radical (unpaired) electrons. The van der Waals surface area contributed by atoms with Gasteiger partial charge in [0, 0.05) is 30.1 Å². The van der Waals surface area contributed by atoms with E-state index in [4.69, 9.17) is 11.6 Å². The minimum Gasteiger partial charge on any atom is -0.341 e. The van der Waals surface area contributed by atoms with Gasteiger partial charge in [-0.2, -0.15) is 0 Å². The van der Waals surface area contributed by atoms with Crippen molar-refractivity contribution in [3.63, 3.8) is 0 Å². The molecule has 2 aromatic rings. The van der Waals surface area contributed by atoms with Crippen LogP contribution in [0.15, 0.2) is 47.4 Å². The van der Waals surface area contributed by atoms with E-state index in [1.807, 2.05) is 0 Å².